The number of nitrogens with zero attached hydrogens (tertiary/aromatic N) is 1. The number of hydrogen-bond donors (Lipinski definition) is 2. The van der Waals surface area contributed by atoms with Gasteiger partial charge in [0.15, 0.2) is 5.79 Å². The molecule has 2 N–H and O–H groups in total. The number of benzene rings is 3. The Labute approximate surface area is 205 Å². The molecule has 2 aliphatic heterocycles. The summed E-state index contributed by atoms with van der Waals surface area (Å²) in [5, 5.41) is 6.05. The molecule has 4 heterocycles. The van der Waals surface area contributed by atoms with Crippen LogP contribution in [0.15, 0.2) is 60.7 Å². The number of allylic oxidation sites excluding steroid dienone is 1. The molecule has 1 fully saturated rings. The first kappa shape index (κ1) is 20.3. The minimum Gasteiger partial charge on any atom is -0.353 e. The quantitative estimate of drug-likeness (QED) is 0.252. The second-order valence-corrected chi connectivity index (χ2v) is 10.4. The van der Waals surface area contributed by atoms with Crippen molar-refractivity contribution < 1.29 is 19.1 Å². The number of amides is 2. The number of ether oxygens (including phenoxy) is 2. The highest BCUT2D eigenvalue weighted by Gasteiger charge is 2.44. The van der Waals surface area contributed by atoms with Crippen LogP contribution in [0.1, 0.15) is 47.0 Å². The Bertz CT molecular complexity index is 1840. The van der Waals surface area contributed by atoms with Crippen LogP contribution in [0.5, 0.6) is 0 Å². The van der Waals surface area contributed by atoms with Gasteiger partial charge in [-0.25, -0.2) is 0 Å². The molecule has 7 heteroatoms. The molecule has 1 saturated heterocycles. The first-order valence-electron chi connectivity index (χ1n) is 12.3. The van der Waals surface area contributed by atoms with Crippen LogP contribution < -0.4 is 5.32 Å². The summed E-state index contributed by atoms with van der Waals surface area (Å²) in [6.45, 7) is 3.89. The third-order valence-corrected chi connectivity index (χ3v) is 7.83. The van der Waals surface area contributed by atoms with Crippen molar-refractivity contribution in [1.82, 2.24) is 14.9 Å². The van der Waals surface area contributed by atoms with E-state index in [9.17, 15) is 9.59 Å². The van der Waals surface area contributed by atoms with E-state index in [-0.39, 0.29) is 30.1 Å². The third-order valence-electron chi connectivity index (χ3n) is 7.83. The van der Waals surface area contributed by atoms with Crippen LogP contribution in [0.3, 0.4) is 0 Å². The average molecular weight is 478 g/mol. The Morgan fingerprint density at radius 3 is 2.44 bits per heavy atom. The van der Waals surface area contributed by atoms with Gasteiger partial charge in [0.2, 0.25) is 0 Å². The van der Waals surface area contributed by atoms with E-state index in [1.54, 1.807) is 0 Å². The minimum absolute atomic E-state index is 0.0148. The molecule has 0 spiro atoms. The first-order chi connectivity index (χ1) is 17.4. The molecule has 36 heavy (non-hydrogen) atoms. The molecule has 178 valence electrons. The van der Waals surface area contributed by atoms with Crippen LogP contribution >= 0.6 is 0 Å². The van der Waals surface area contributed by atoms with Gasteiger partial charge in [-0.3, -0.25) is 14.9 Å². The van der Waals surface area contributed by atoms with Crippen molar-refractivity contribution in [3.05, 3.63) is 71.8 Å². The molecule has 0 saturated carbocycles. The molecule has 0 bridgehead atoms. The van der Waals surface area contributed by atoms with E-state index in [1.165, 1.54) is 0 Å². The van der Waals surface area contributed by atoms with E-state index >= 15 is 0 Å². The van der Waals surface area contributed by atoms with Gasteiger partial charge in [-0.15, -0.1) is 0 Å². The van der Waals surface area contributed by atoms with Crippen LogP contribution in [-0.2, 0) is 9.47 Å². The summed E-state index contributed by atoms with van der Waals surface area (Å²) in [5.41, 5.74) is 4.65. The lowest BCUT2D eigenvalue weighted by Crippen LogP contribution is -2.28. The lowest BCUT2D eigenvalue weighted by molar-refractivity contribution is -0.143. The van der Waals surface area contributed by atoms with Gasteiger partial charge in [0.25, 0.3) is 11.8 Å². The van der Waals surface area contributed by atoms with Gasteiger partial charge in [-0.2, -0.15) is 0 Å². The third kappa shape index (κ3) is 2.49. The van der Waals surface area contributed by atoms with E-state index in [2.05, 4.69) is 33.1 Å². The minimum atomic E-state index is -0.626. The highest BCUT2D eigenvalue weighted by atomic mass is 16.7. The zero-order valence-electron chi connectivity index (χ0n) is 19.8. The average Bonchev–Trinajstić information content (AvgIpc) is 3.56. The smallest absolute Gasteiger partial charge is 0.259 e. The summed E-state index contributed by atoms with van der Waals surface area (Å²) in [6.07, 6.45) is 4.88. The van der Waals surface area contributed by atoms with Gasteiger partial charge < -0.3 is 19.0 Å². The lowest BCUT2D eigenvalue weighted by atomic mass is 9.95. The predicted octanol–water partition coefficient (Wildman–Crippen LogP) is 5.33. The Balaban J connectivity index is 1.53. The van der Waals surface area contributed by atoms with Crippen LogP contribution in [-0.4, -0.2) is 39.4 Å². The lowest BCUT2D eigenvalue weighted by Gasteiger charge is -2.27. The number of para-hydroxylation sites is 2. The number of H-pyrrole nitrogens is 1. The fourth-order valence-electron chi connectivity index (χ4n) is 6.57. The monoisotopic (exact) mass is 477 g/mol. The van der Waals surface area contributed by atoms with Crippen molar-refractivity contribution in [2.45, 2.75) is 44.3 Å². The predicted molar refractivity (Wildman–Crippen MR) is 137 cm³/mol. The first-order valence-corrected chi connectivity index (χ1v) is 12.3. The molecule has 7 nitrogen and oxygen atoms in total. The van der Waals surface area contributed by atoms with Crippen molar-refractivity contribution in [3.8, 4) is 0 Å². The molecule has 2 aromatic heterocycles. The number of nitrogens with one attached hydrogen (secondary N) is 2. The fourth-order valence-corrected chi connectivity index (χ4v) is 6.57. The van der Waals surface area contributed by atoms with Crippen LogP contribution in [0.25, 0.3) is 43.6 Å². The number of carbonyl (C=O) groups excluding carboxylic acids is 2. The Hall–Kier alpha value is -3.94. The molecule has 0 unspecified atom stereocenters. The maximum absolute atomic E-state index is 13.2. The number of aromatic amines is 1. The summed E-state index contributed by atoms with van der Waals surface area (Å²) in [4.78, 5) is 29.9. The number of fused-ring (bicyclic) bond motifs is 11. The normalized spacial score (nSPS) is 24.8. The zero-order valence-corrected chi connectivity index (χ0v) is 19.8. The van der Waals surface area contributed by atoms with Crippen molar-refractivity contribution in [2.24, 2.45) is 0 Å². The summed E-state index contributed by atoms with van der Waals surface area (Å²) < 4.78 is 14.6. The summed E-state index contributed by atoms with van der Waals surface area (Å²) in [7, 11) is 0. The zero-order chi connectivity index (χ0) is 24.3. The highest BCUT2D eigenvalue weighted by molar-refractivity contribution is 6.39. The van der Waals surface area contributed by atoms with Gasteiger partial charge in [-0.1, -0.05) is 48.6 Å². The van der Waals surface area contributed by atoms with E-state index in [0.717, 1.165) is 50.0 Å². The SMILES string of the molecule is CC1(C)O[C@H]2C=C[C@H](n3c4ccccc4c4c5c(c6c7ccccc7[nH]c6c43)C(=O)NC5=O)C[C@H]2O1. The van der Waals surface area contributed by atoms with Crippen molar-refractivity contribution in [3.63, 3.8) is 0 Å². The topological polar surface area (TPSA) is 85.4 Å². The largest absolute Gasteiger partial charge is 0.353 e. The highest BCUT2D eigenvalue weighted by Crippen LogP contribution is 2.46. The Kier molecular flexibility index (Phi) is 3.73. The van der Waals surface area contributed by atoms with Crippen molar-refractivity contribution in [1.29, 1.82) is 0 Å². The molecule has 5 aromatic rings. The second kappa shape index (κ2) is 6.63. The number of rotatable bonds is 1. The number of aromatic nitrogens is 2. The Morgan fingerprint density at radius 2 is 1.61 bits per heavy atom. The van der Waals surface area contributed by atoms with E-state index in [0.29, 0.717) is 11.1 Å². The molecule has 3 aromatic carbocycles. The summed E-state index contributed by atoms with van der Waals surface area (Å²) in [6, 6.07) is 16.0. The van der Waals surface area contributed by atoms with Gasteiger partial charge in [0.05, 0.1) is 34.3 Å². The molecule has 1 aliphatic carbocycles. The van der Waals surface area contributed by atoms with Crippen molar-refractivity contribution in [2.75, 3.05) is 0 Å². The van der Waals surface area contributed by atoms with E-state index < -0.39 is 5.79 Å². The molecule has 3 aliphatic rings. The van der Waals surface area contributed by atoms with E-state index in [1.807, 2.05) is 56.3 Å². The Morgan fingerprint density at radius 1 is 0.889 bits per heavy atom. The number of hydrogen-bond acceptors (Lipinski definition) is 4. The standard InChI is InChI=1S/C29H23N3O4/c1-29(2)35-19-12-11-14(13-20(19)36-29)32-18-10-6-4-8-16(18)22-24-23(27(33)31-28(24)34)21-15-7-3-5-9-17(15)30-25(21)26(22)32/h3-12,14,19-20,30H,13H2,1-2H3,(H,31,33,34)/t14-,19-,20+/m0/s1. The number of carbonyl (C=O) groups is 2. The van der Waals surface area contributed by atoms with Gasteiger partial charge >= 0.3 is 0 Å². The maximum Gasteiger partial charge on any atom is 0.259 e. The molecule has 3 atom stereocenters. The van der Waals surface area contributed by atoms with E-state index in [4.69, 9.17) is 9.47 Å². The van der Waals surface area contributed by atoms with Crippen LogP contribution in [0, 0.1) is 0 Å². The van der Waals surface area contributed by atoms with Crippen LogP contribution in [0.2, 0.25) is 0 Å². The second-order valence-electron chi connectivity index (χ2n) is 10.4. The van der Waals surface area contributed by atoms with Gasteiger partial charge in [-0.05, 0) is 26.0 Å². The van der Waals surface area contributed by atoms with Gasteiger partial charge in [0.1, 0.15) is 6.10 Å². The summed E-state index contributed by atoms with van der Waals surface area (Å²) >= 11 is 0. The van der Waals surface area contributed by atoms with Crippen LogP contribution in [0.4, 0.5) is 0 Å². The molecule has 2 amide bonds. The van der Waals surface area contributed by atoms with Crippen molar-refractivity contribution >= 4 is 55.4 Å². The molecule has 0 radical (unpaired) electrons. The number of imide groups is 1. The van der Waals surface area contributed by atoms with Gasteiger partial charge in [0, 0.05) is 39.0 Å². The molecule has 8 rings (SSSR count). The summed E-state index contributed by atoms with van der Waals surface area (Å²) in [5.74, 6) is -1.31. The molecular formula is C29H23N3O4. The maximum atomic E-state index is 13.2. The fraction of sp³-hybridized carbons (Fsp3) is 0.241. The molecular weight excluding hydrogens is 454 g/mol.